The third kappa shape index (κ3) is 2.28. The Balaban J connectivity index is 1.47. The second kappa shape index (κ2) is 4.72. The number of anilines is 1. The fourth-order valence-electron chi connectivity index (χ4n) is 3.24. The number of fused-ring (bicyclic) bond motifs is 1. The van der Waals surface area contributed by atoms with Gasteiger partial charge in [-0.05, 0) is 32.1 Å². The Hall–Kier alpha value is -0.650. The standard InChI is InChI=1S/C14H21N3OS/c18-11-2-1-3-12-13(11)15-14(19-12)17-8-6-16(7-9-17)10-4-5-10/h10-11,18H,1-9H2. The van der Waals surface area contributed by atoms with Crippen LogP contribution in [-0.4, -0.2) is 47.2 Å². The Morgan fingerprint density at radius 1 is 1.11 bits per heavy atom. The summed E-state index contributed by atoms with van der Waals surface area (Å²) in [5, 5.41) is 11.2. The number of nitrogens with zero attached hydrogens (tertiary/aromatic N) is 3. The van der Waals surface area contributed by atoms with Gasteiger partial charge in [0.15, 0.2) is 5.13 Å². The first-order valence-corrected chi connectivity index (χ1v) is 8.29. The number of thiazole rings is 1. The van der Waals surface area contributed by atoms with E-state index in [4.69, 9.17) is 4.98 Å². The van der Waals surface area contributed by atoms with E-state index >= 15 is 0 Å². The molecule has 104 valence electrons. The van der Waals surface area contributed by atoms with Crippen molar-refractivity contribution in [2.75, 3.05) is 31.1 Å². The largest absolute Gasteiger partial charge is 0.387 e. The smallest absolute Gasteiger partial charge is 0.185 e. The zero-order valence-corrected chi connectivity index (χ0v) is 12.0. The molecule has 1 aromatic rings. The molecule has 0 spiro atoms. The predicted octanol–water partition coefficient (Wildman–Crippen LogP) is 1.80. The summed E-state index contributed by atoms with van der Waals surface area (Å²) < 4.78 is 0. The lowest BCUT2D eigenvalue weighted by Gasteiger charge is -2.34. The summed E-state index contributed by atoms with van der Waals surface area (Å²) in [6.07, 6.45) is 5.57. The van der Waals surface area contributed by atoms with E-state index < -0.39 is 0 Å². The van der Waals surface area contributed by atoms with E-state index in [0.717, 1.165) is 49.2 Å². The molecule has 1 aromatic heterocycles. The van der Waals surface area contributed by atoms with Crippen LogP contribution in [0.25, 0.3) is 0 Å². The maximum atomic E-state index is 10.0. The van der Waals surface area contributed by atoms with Crippen LogP contribution in [0.1, 0.15) is 42.4 Å². The van der Waals surface area contributed by atoms with E-state index in [2.05, 4.69) is 9.80 Å². The molecule has 1 unspecified atom stereocenters. The molecule has 1 N–H and O–H groups in total. The van der Waals surface area contributed by atoms with E-state index in [1.807, 2.05) is 11.3 Å². The molecule has 3 aliphatic rings. The fraction of sp³-hybridized carbons (Fsp3) is 0.786. The maximum Gasteiger partial charge on any atom is 0.185 e. The summed E-state index contributed by atoms with van der Waals surface area (Å²) in [5.41, 5.74) is 0.968. The summed E-state index contributed by atoms with van der Waals surface area (Å²) in [6, 6.07) is 0.883. The zero-order chi connectivity index (χ0) is 12.8. The number of aryl methyl sites for hydroxylation is 1. The number of hydrogen-bond donors (Lipinski definition) is 1. The van der Waals surface area contributed by atoms with Crippen LogP contribution in [0.2, 0.25) is 0 Å². The Morgan fingerprint density at radius 3 is 2.58 bits per heavy atom. The van der Waals surface area contributed by atoms with Gasteiger partial charge >= 0.3 is 0 Å². The SMILES string of the molecule is OC1CCCc2sc(N3CCN(C4CC4)CC3)nc21. The van der Waals surface area contributed by atoms with Crippen molar-refractivity contribution in [3.63, 3.8) is 0 Å². The van der Waals surface area contributed by atoms with Crippen LogP contribution in [0, 0.1) is 0 Å². The molecule has 2 fully saturated rings. The second-order valence-electron chi connectivity index (χ2n) is 5.97. The molecule has 0 aromatic carbocycles. The third-order valence-corrected chi connectivity index (χ3v) is 5.75. The molecular weight excluding hydrogens is 258 g/mol. The van der Waals surface area contributed by atoms with Crippen molar-refractivity contribution in [1.29, 1.82) is 0 Å². The maximum absolute atomic E-state index is 10.0. The number of aliphatic hydroxyl groups excluding tert-OH is 1. The summed E-state index contributed by atoms with van der Waals surface area (Å²) in [7, 11) is 0. The summed E-state index contributed by atoms with van der Waals surface area (Å²) in [5.74, 6) is 0. The highest BCUT2D eigenvalue weighted by Crippen LogP contribution is 2.37. The van der Waals surface area contributed by atoms with Crippen molar-refractivity contribution in [2.45, 2.75) is 44.2 Å². The minimum absolute atomic E-state index is 0.318. The van der Waals surface area contributed by atoms with Crippen molar-refractivity contribution in [1.82, 2.24) is 9.88 Å². The lowest BCUT2D eigenvalue weighted by atomic mass is 10.0. The first-order valence-electron chi connectivity index (χ1n) is 7.48. The van der Waals surface area contributed by atoms with Crippen LogP contribution in [-0.2, 0) is 6.42 Å². The molecule has 2 heterocycles. The summed E-state index contributed by atoms with van der Waals surface area (Å²) >= 11 is 1.81. The number of hydrogen-bond acceptors (Lipinski definition) is 5. The van der Waals surface area contributed by atoms with E-state index in [0.29, 0.717) is 0 Å². The highest BCUT2D eigenvalue weighted by Gasteiger charge is 2.32. The van der Waals surface area contributed by atoms with Crippen molar-refractivity contribution in [3.05, 3.63) is 10.6 Å². The normalized spacial score (nSPS) is 28.5. The molecule has 5 heteroatoms. The van der Waals surface area contributed by atoms with Gasteiger partial charge in [-0.1, -0.05) is 0 Å². The van der Waals surface area contributed by atoms with E-state index in [1.165, 1.54) is 30.8 Å². The predicted molar refractivity (Wildman–Crippen MR) is 76.8 cm³/mol. The van der Waals surface area contributed by atoms with Crippen LogP contribution in [0.5, 0.6) is 0 Å². The number of aromatic nitrogens is 1. The Kier molecular flexibility index (Phi) is 3.01. The average Bonchev–Trinajstić information content (AvgIpc) is 3.19. The van der Waals surface area contributed by atoms with Gasteiger partial charge in [-0.15, -0.1) is 11.3 Å². The van der Waals surface area contributed by atoms with Crippen LogP contribution in [0.4, 0.5) is 5.13 Å². The van der Waals surface area contributed by atoms with Gasteiger partial charge in [0.1, 0.15) is 0 Å². The molecule has 4 rings (SSSR count). The Bertz CT molecular complexity index is 463. The molecule has 0 bridgehead atoms. The van der Waals surface area contributed by atoms with E-state index in [-0.39, 0.29) is 6.10 Å². The van der Waals surface area contributed by atoms with Crippen molar-refractivity contribution in [2.24, 2.45) is 0 Å². The van der Waals surface area contributed by atoms with Crippen LogP contribution >= 0.6 is 11.3 Å². The summed E-state index contributed by atoms with van der Waals surface area (Å²) in [6.45, 7) is 4.55. The Morgan fingerprint density at radius 2 is 1.89 bits per heavy atom. The average molecular weight is 279 g/mol. The number of rotatable bonds is 2. The van der Waals surface area contributed by atoms with E-state index in [9.17, 15) is 5.11 Å². The highest BCUT2D eigenvalue weighted by molar-refractivity contribution is 7.15. The molecule has 1 saturated heterocycles. The van der Waals surface area contributed by atoms with Crippen LogP contribution in [0.3, 0.4) is 0 Å². The minimum atomic E-state index is -0.318. The highest BCUT2D eigenvalue weighted by atomic mass is 32.1. The van der Waals surface area contributed by atoms with Crippen molar-refractivity contribution in [3.8, 4) is 0 Å². The third-order valence-electron chi connectivity index (χ3n) is 4.56. The molecule has 1 atom stereocenters. The van der Waals surface area contributed by atoms with E-state index in [1.54, 1.807) is 0 Å². The van der Waals surface area contributed by atoms with Crippen LogP contribution < -0.4 is 4.90 Å². The second-order valence-corrected chi connectivity index (χ2v) is 7.03. The van der Waals surface area contributed by atoms with Gasteiger partial charge in [-0.2, -0.15) is 0 Å². The molecular formula is C14H21N3OS. The molecule has 19 heavy (non-hydrogen) atoms. The Labute approximate surface area is 118 Å². The van der Waals surface area contributed by atoms with Crippen molar-refractivity contribution >= 4 is 16.5 Å². The van der Waals surface area contributed by atoms with Gasteiger partial charge in [0.2, 0.25) is 0 Å². The zero-order valence-electron chi connectivity index (χ0n) is 11.2. The number of piperazine rings is 1. The first-order chi connectivity index (χ1) is 9.31. The lowest BCUT2D eigenvalue weighted by Crippen LogP contribution is -2.47. The van der Waals surface area contributed by atoms with Crippen molar-refractivity contribution < 1.29 is 5.11 Å². The van der Waals surface area contributed by atoms with Crippen LogP contribution in [0.15, 0.2) is 0 Å². The van der Waals surface area contributed by atoms with Gasteiger partial charge in [0.05, 0.1) is 11.8 Å². The monoisotopic (exact) mass is 279 g/mol. The topological polar surface area (TPSA) is 39.6 Å². The van der Waals surface area contributed by atoms with Gasteiger partial charge in [0, 0.05) is 37.1 Å². The van der Waals surface area contributed by atoms with Gasteiger partial charge in [-0.3, -0.25) is 4.90 Å². The van der Waals surface area contributed by atoms with Gasteiger partial charge < -0.3 is 10.0 Å². The lowest BCUT2D eigenvalue weighted by molar-refractivity contribution is 0.153. The molecule has 2 aliphatic carbocycles. The summed E-state index contributed by atoms with van der Waals surface area (Å²) in [4.78, 5) is 11.1. The quantitative estimate of drug-likeness (QED) is 0.896. The van der Waals surface area contributed by atoms with Gasteiger partial charge in [0.25, 0.3) is 0 Å². The molecule has 1 aliphatic heterocycles. The van der Waals surface area contributed by atoms with Gasteiger partial charge in [-0.25, -0.2) is 4.98 Å². The molecule has 0 amide bonds. The molecule has 4 nitrogen and oxygen atoms in total. The minimum Gasteiger partial charge on any atom is -0.387 e. The number of aliphatic hydroxyl groups is 1. The first kappa shape index (κ1) is 12.1. The molecule has 1 saturated carbocycles. The molecule has 0 radical (unpaired) electrons. The fourth-order valence-corrected chi connectivity index (χ4v) is 4.44.